The zero-order valence-electron chi connectivity index (χ0n) is 9.44. The molecule has 0 aliphatic heterocycles. The summed E-state index contributed by atoms with van der Waals surface area (Å²) in [6.07, 6.45) is 0.660. The van der Waals surface area contributed by atoms with Gasteiger partial charge in [-0.2, -0.15) is 0 Å². The number of ether oxygens (including phenoxy) is 1. The Morgan fingerprint density at radius 1 is 1.29 bits per heavy atom. The first kappa shape index (κ1) is 13.8. The zero-order chi connectivity index (χ0) is 11.2. The molecule has 0 aliphatic carbocycles. The minimum absolute atomic E-state index is 0.0736. The van der Waals surface area contributed by atoms with Crippen LogP contribution in [0.5, 0.6) is 0 Å². The molecule has 0 saturated heterocycles. The van der Waals surface area contributed by atoms with Crippen LogP contribution in [0.3, 0.4) is 0 Å². The van der Waals surface area contributed by atoms with Gasteiger partial charge >= 0.3 is 0 Å². The van der Waals surface area contributed by atoms with E-state index in [-0.39, 0.29) is 18.7 Å². The number of halogens is 2. The van der Waals surface area contributed by atoms with E-state index in [0.717, 1.165) is 6.42 Å². The van der Waals surface area contributed by atoms with E-state index in [1.54, 1.807) is 6.92 Å². The van der Waals surface area contributed by atoms with Gasteiger partial charge in [-0.1, -0.05) is 20.8 Å². The predicted molar refractivity (Wildman–Crippen MR) is 53.8 cm³/mol. The summed E-state index contributed by atoms with van der Waals surface area (Å²) in [4.78, 5) is 0. The molecule has 0 aromatic heterocycles. The second-order valence-electron chi connectivity index (χ2n) is 3.92. The van der Waals surface area contributed by atoms with Gasteiger partial charge in [-0.25, -0.2) is 8.78 Å². The number of hydrogen-bond donors (Lipinski definition) is 1. The van der Waals surface area contributed by atoms with Crippen LogP contribution in [0.2, 0.25) is 0 Å². The van der Waals surface area contributed by atoms with E-state index >= 15 is 0 Å². The molecule has 1 N–H and O–H groups in total. The maximum atomic E-state index is 13.1. The summed E-state index contributed by atoms with van der Waals surface area (Å²) in [5.41, 5.74) is 0. The van der Waals surface area contributed by atoms with Gasteiger partial charge in [0, 0.05) is 6.04 Å². The van der Waals surface area contributed by atoms with Gasteiger partial charge in [0.05, 0.1) is 12.6 Å². The first-order chi connectivity index (χ1) is 6.37. The standard InChI is InChI=1S/C10H21F2NO/c1-5-9(4)14-7-10(11,12)6-13-8(2)3/h8-9,13H,5-7H2,1-4H3. The minimum Gasteiger partial charge on any atom is -0.372 e. The van der Waals surface area contributed by atoms with Crippen LogP contribution >= 0.6 is 0 Å². The lowest BCUT2D eigenvalue weighted by Crippen LogP contribution is -2.40. The lowest BCUT2D eigenvalue weighted by Gasteiger charge is -2.20. The highest BCUT2D eigenvalue weighted by Gasteiger charge is 2.29. The van der Waals surface area contributed by atoms with Crippen molar-refractivity contribution >= 4 is 0 Å². The fraction of sp³-hybridized carbons (Fsp3) is 1.00. The Bertz CT molecular complexity index is 151. The van der Waals surface area contributed by atoms with Crippen LogP contribution in [0.4, 0.5) is 8.78 Å². The minimum atomic E-state index is -2.77. The third kappa shape index (κ3) is 7.21. The molecule has 0 heterocycles. The smallest absolute Gasteiger partial charge is 0.283 e. The number of rotatable bonds is 7. The van der Waals surface area contributed by atoms with Crippen LogP contribution in [-0.2, 0) is 4.74 Å². The van der Waals surface area contributed by atoms with Gasteiger partial charge in [0.25, 0.3) is 5.92 Å². The van der Waals surface area contributed by atoms with Crippen LogP contribution < -0.4 is 5.32 Å². The third-order valence-electron chi connectivity index (χ3n) is 1.92. The molecule has 0 aliphatic rings. The van der Waals surface area contributed by atoms with Crippen LogP contribution in [0.25, 0.3) is 0 Å². The molecule has 1 unspecified atom stereocenters. The Morgan fingerprint density at radius 3 is 2.29 bits per heavy atom. The van der Waals surface area contributed by atoms with E-state index in [4.69, 9.17) is 4.74 Å². The first-order valence-corrected chi connectivity index (χ1v) is 5.10. The maximum Gasteiger partial charge on any atom is 0.283 e. The van der Waals surface area contributed by atoms with Gasteiger partial charge in [0.1, 0.15) is 6.61 Å². The monoisotopic (exact) mass is 209 g/mol. The summed E-state index contributed by atoms with van der Waals surface area (Å²) in [6, 6.07) is 0.0736. The predicted octanol–water partition coefficient (Wildman–Crippen LogP) is 2.43. The zero-order valence-corrected chi connectivity index (χ0v) is 9.44. The summed E-state index contributed by atoms with van der Waals surface area (Å²) < 4.78 is 31.2. The summed E-state index contributed by atoms with van der Waals surface area (Å²) in [7, 11) is 0. The molecule has 0 bridgehead atoms. The quantitative estimate of drug-likeness (QED) is 0.695. The molecular formula is C10H21F2NO. The molecule has 0 saturated carbocycles. The molecule has 14 heavy (non-hydrogen) atoms. The average Bonchev–Trinajstić information content (AvgIpc) is 2.11. The van der Waals surface area contributed by atoms with Crippen molar-refractivity contribution in [3.63, 3.8) is 0 Å². The maximum absolute atomic E-state index is 13.1. The molecule has 86 valence electrons. The highest BCUT2D eigenvalue weighted by Crippen LogP contribution is 2.14. The normalized spacial score (nSPS) is 14.8. The summed E-state index contributed by atoms with van der Waals surface area (Å²) in [6.45, 7) is 6.57. The largest absolute Gasteiger partial charge is 0.372 e. The molecule has 0 fully saturated rings. The second kappa shape index (κ2) is 6.30. The second-order valence-corrected chi connectivity index (χ2v) is 3.92. The summed E-state index contributed by atoms with van der Waals surface area (Å²) in [5, 5.41) is 2.70. The van der Waals surface area contributed by atoms with Crippen molar-refractivity contribution in [1.29, 1.82) is 0 Å². The van der Waals surface area contributed by atoms with E-state index in [9.17, 15) is 8.78 Å². The average molecular weight is 209 g/mol. The summed E-state index contributed by atoms with van der Waals surface area (Å²) in [5.74, 6) is -2.77. The Balaban J connectivity index is 3.71. The van der Waals surface area contributed by atoms with Crippen LogP contribution in [-0.4, -0.2) is 31.2 Å². The lowest BCUT2D eigenvalue weighted by molar-refractivity contribution is -0.0946. The molecule has 0 aromatic rings. The Labute approximate surface area is 85.0 Å². The number of hydrogen-bond acceptors (Lipinski definition) is 2. The van der Waals surface area contributed by atoms with E-state index in [1.165, 1.54) is 0 Å². The topological polar surface area (TPSA) is 21.3 Å². The van der Waals surface area contributed by atoms with Crippen LogP contribution in [0, 0.1) is 0 Å². The van der Waals surface area contributed by atoms with Crippen molar-refractivity contribution < 1.29 is 13.5 Å². The van der Waals surface area contributed by atoms with Crippen LogP contribution in [0.1, 0.15) is 34.1 Å². The summed E-state index contributed by atoms with van der Waals surface area (Å²) >= 11 is 0. The molecule has 0 amide bonds. The van der Waals surface area contributed by atoms with Crippen molar-refractivity contribution in [3.05, 3.63) is 0 Å². The first-order valence-electron chi connectivity index (χ1n) is 5.10. The highest BCUT2D eigenvalue weighted by atomic mass is 19.3. The Morgan fingerprint density at radius 2 is 1.86 bits per heavy atom. The molecule has 0 radical (unpaired) electrons. The Hall–Kier alpha value is -0.220. The van der Waals surface area contributed by atoms with Gasteiger partial charge < -0.3 is 10.1 Å². The van der Waals surface area contributed by atoms with Crippen molar-refractivity contribution in [2.75, 3.05) is 13.2 Å². The van der Waals surface area contributed by atoms with Crippen molar-refractivity contribution in [3.8, 4) is 0 Å². The molecule has 2 nitrogen and oxygen atoms in total. The fourth-order valence-electron chi connectivity index (χ4n) is 0.787. The molecule has 4 heteroatoms. The molecular weight excluding hydrogens is 188 g/mol. The van der Waals surface area contributed by atoms with Crippen molar-refractivity contribution in [2.45, 2.75) is 52.2 Å². The Kier molecular flexibility index (Phi) is 6.20. The number of nitrogens with one attached hydrogen (secondary N) is 1. The van der Waals surface area contributed by atoms with Gasteiger partial charge in [0.15, 0.2) is 0 Å². The number of alkyl halides is 2. The highest BCUT2D eigenvalue weighted by molar-refractivity contribution is 4.70. The van der Waals surface area contributed by atoms with E-state index < -0.39 is 12.5 Å². The van der Waals surface area contributed by atoms with E-state index in [0.29, 0.717) is 0 Å². The SMILES string of the molecule is CCC(C)OCC(F)(F)CNC(C)C. The molecule has 0 rings (SSSR count). The van der Waals surface area contributed by atoms with Crippen LogP contribution in [0.15, 0.2) is 0 Å². The van der Waals surface area contributed by atoms with Crippen molar-refractivity contribution in [1.82, 2.24) is 5.32 Å². The van der Waals surface area contributed by atoms with Gasteiger partial charge in [0.2, 0.25) is 0 Å². The van der Waals surface area contributed by atoms with Gasteiger partial charge in [-0.3, -0.25) is 0 Å². The molecule has 1 atom stereocenters. The van der Waals surface area contributed by atoms with Gasteiger partial charge in [-0.15, -0.1) is 0 Å². The van der Waals surface area contributed by atoms with Crippen molar-refractivity contribution in [2.24, 2.45) is 0 Å². The van der Waals surface area contributed by atoms with E-state index in [1.807, 2.05) is 20.8 Å². The molecule has 0 aromatic carbocycles. The van der Waals surface area contributed by atoms with E-state index in [2.05, 4.69) is 5.32 Å². The third-order valence-corrected chi connectivity index (χ3v) is 1.92. The fourth-order valence-corrected chi connectivity index (χ4v) is 0.787. The van der Waals surface area contributed by atoms with Gasteiger partial charge in [-0.05, 0) is 13.3 Å². The lowest BCUT2D eigenvalue weighted by atomic mass is 10.3. The molecule has 0 spiro atoms.